The molecule has 0 aliphatic carbocycles. The van der Waals surface area contributed by atoms with Gasteiger partial charge in [0.25, 0.3) is 0 Å². The molecule has 106 valence electrons. The largest absolute Gasteiger partial charge is 0.483 e. The maximum Gasteiger partial charge on any atom is 0.313 e. The van der Waals surface area contributed by atoms with Crippen molar-refractivity contribution in [3.63, 3.8) is 0 Å². The number of hydrogen-bond acceptors (Lipinski definition) is 5. The third-order valence-corrected chi connectivity index (χ3v) is 3.23. The number of halogens is 1. The van der Waals surface area contributed by atoms with Crippen LogP contribution in [0.15, 0.2) is 12.1 Å². The van der Waals surface area contributed by atoms with Crippen molar-refractivity contribution in [1.29, 1.82) is 5.26 Å². The molecule has 1 aromatic rings. The zero-order valence-electron chi connectivity index (χ0n) is 10.5. The summed E-state index contributed by atoms with van der Waals surface area (Å²) in [5, 5.41) is 28.4. The minimum absolute atomic E-state index is 0.0625. The van der Waals surface area contributed by atoms with Crippen molar-refractivity contribution < 1.29 is 19.6 Å². The van der Waals surface area contributed by atoms with Gasteiger partial charge in [-0.15, -0.1) is 0 Å². The number of nitro groups is 1. The highest BCUT2D eigenvalue weighted by molar-refractivity contribution is 14.1. The van der Waals surface area contributed by atoms with Gasteiger partial charge in [0, 0.05) is 12.5 Å². The molecule has 0 aromatic heterocycles. The van der Waals surface area contributed by atoms with E-state index in [1.807, 2.05) is 28.7 Å². The number of hydrogen-bond donors (Lipinski definition) is 1. The summed E-state index contributed by atoms with van der Waals surface area (Å²) in [6.45, 7) is 1.64. The predicted octanol–water partition coefficient (Wildman–Crippen LogP) is 2.70. The molecule has 20 heavy (non-hydrogen) atoms. The molecule has 0 aliphatic rings. The molecule has 0 aliphatic heterocycles. The quantitative estimate of drug-likeness (QED) is 0.454. The molecule has 0 heterocycles. The lowest BCUT2D eigenvalue weighted by molar-refractivity contribution is -0.386. The standard InChI is InChI=1S/C12H11IN2O5/c1-7(2-3-11(16)17)20-12-9(13)4-8(6-14)5-10(12)15(18)19/h4-5,7H,2-3H2,1H3,(H,16,17). The van der Waals surface area contributed by atoms with E-state index in [1.54, 1.807) is 6.92 Å². The maximum absolute atomic E-state index is 11.0. The van der Waals surface area contributed by atoms with Gasteiger partial charge in [0.05, 0.1) is 26.2 Å². The molecule has 1 unspecified atom stereocenters. The Kier molecular flexibility index (Phi) is 5.69. The third-order valence-electron chi connectivity index (χ3n) is 2.43. The van der Waals surface area contributed by atoms with Crippen molar-refractivity contribution >= 4 is 34.2 Å². The first-order valence-electron chi connectivity index (χ1n) is 5.61. The van der Waals surface area contributed by atoms with Gasteiger partial charge in [0.15, 0.2) is 0 Å². The third kappa shape index (κ3) is 4.34. The van der Waals surface area contributed by atoms with E-state index in [0.717, 1.165) is 6.07 Å². The van der Waals surface area contributed by atoms with Crippen LogP contribution >= 0.6 is 22.6 Å². The topological polar surface area (TPSA) is 113 Å². The average molecular weight is 390 g/mol. The van der Waals surface area contributed by atoms with E-state index in [1.165, 1.54) is 6.07 Å². The molecule has 0 radical (unpaired) electrons. The van der Waals surface area contributed by atoms with Crippen molar-refractivity contribution in [2.45, 2.75) is 25.9 Å². The lowest BCUT2D eigenvalue weighted by atomic mass is 10.2. The summed E-state index contributed by atoms with van der Waals surface area (Å²) in [5.74, 6) is -0.892. The van der Waals surface area contributed by atoms with Gasteiger partial charge < -0.3 is 9.84 Å². The summed E-state index contributed by atoms with van der Waals surface area (Å²) in [7, 11) is 0. The van der Waals surface area contributed by atoms with E-state index >= 15 is 0 Å². The van der Waals surface area contributed by atoms with Crippen LogP contribution in [0, 0.1) is 25.0 Å². The highest BCUT2D eigenvalue weighted by Gasteiger charge is 2.22. The predicted molar refractivity (Wildman–Crippen MR) is 77.5 cm³/mol. The Balaban J connectivity index is 3.02. The minimum atomic E-state index is -0.954. The first-order chi connectivity index (χ1) is 9.35. The van der Waals surface area contributed by atoms with Gasteiger partial charge in [-0.05, 0) is 42.0 Å². The van der Waals surface area contributed by atoms with Gasteiger partial charge in [-0.2, -0.15) is 5.26 Å². The number of carboxylic acids is 1. The summed E-state index contributed by atoms with van der Waals surface area (Å²) >= 11 is 1.85. The summed E-state index contributed by atoms with van der Waals surface area (Å²) in [6, 6.07) is 4.46. The second kappa shape index (κ2) is 7.04. The van der Waals surface area contributed by atoms with E-state index in [9.17, 15) is 14.9 Å². The molecular weight excluding hydrogens is 379 g/mol. The van der Waals surface area contributed by atoms with Crippen LogP contribution in [0.3, 0.4) is 0 Å². The van der Waals surface area contributed by atoms with Crippen molar-refractivity contribution in [2.24, 2.45) is 0 Å². The summed E-state index contributed by atoms with van der Waals surface area (Å²) < 4.78 is 5.91. The molecule has 7 nitrogen and oxygen atoms in total. The second-order valence-electron chi connectivity index (χ2n) is 4.04. The fourth-order valence-electron chi connectivity index (χ4n) is 1.48. The molecule has 0 amide bonds. The Morgan fingerprint density at radius 2 is 2.30 bits per heavy atom. The van der Waals surface area contributed by atoms with Gasteiger partial charge in [0.1, 0.15) is 0 Å². The SMILES string of the molecule is CC(CCC(=O)O)Oc1c(I)cc(C#N)cc1[N+](=O)[O-]. The van der Waals surface area contributed by atoms with Gasteiger partial charge in [0.2, 0.25) is 5.75 Å². The highest BCUT2D eigenvalue weighted by Crippen LogP contribution is 2.34. The number of carboxylic acid groups (broad SMARTS) is 1. The summed E-state index contributed by atoms with van der Waals surface area (Å²) in [5.41, 5.74) is -0.123. The van der Waals surface area contributed by atoms with Gasteiger partial charge >= 0.3 is 11.7 Å². The van der Waals surface area contributed by atoms with Crippen molar-refractivity contribution in [1.82, 2.24) is 0 Å². The molecule has 1 N–H and O–H groups in total. The maximum atomic E-state index is 11.0. The number of rotatable bonds is 6. The lowest BCUT2D eigenvalue weighted by Crippen LogP contribution is -2.15. The monoisotopic (exact) mass is 390 g/mol. The van der Waals surface area contributed by atoms with Crippen LogP contribution in [0.25, 0.3) is 0 Å². The van der Waals surface area contributed by atoms with Crippen LogP contribution in [-0.2, 0) is 4.79 Å². The van der Waals surface area contributed by atoms with E-state index in [4.69, 9.17) is 15.1 Å². The van der Waals surface area contributed by atoms with Crippen LogP contribution in [0.2, 0.25) is 0 Å². The van der Waals surface area contributed by atoms with Crippen LogP contribution < -0.4 is 4.74 Å². The van der Waals surface area contributed by atoms with Crippen LogP contribution in [0.5, 0.6) is 5.75 Å². The van der Waals surface area contributed by atoms with Crippen molar-refractivity contribution in [3.8, 4) is 11.8 Å². The van der Waals surface area contributed by atoms with Crippen LogP contribution in [0.4, 0.5) is 5.69 Å². The average Bonchev–Trinajstić information content (AvgIpc) is 2.38. The Labute approximate surface area is 128 Å². The zero-order valence-corrected chi connectivity index (χ0v) is 12.7. The fourth-order valence-corrected chi connectivity index (χ4v) is 2.22. The molecule has 0 saturated heterocycles. The zero-order chi connectivity index (χ0) is 15.3. The number of nitro benzene ring substituents is 1. The van der Waals surface area contributed by atoms with Crippen molar-refractivity contribution in [3.05, 3.63) is 31.4 Å². The summed E-state index contributed by atoms with van der Waals surface area (Å²) in [6.07, 6.45) is -0.323. The van der Waals surface area contributed by atoms with E-state index < -0.39 is 17.0 Å². The molecule has 1 atom stereocenters. The number of benzene rings is 1. The molecule has 8 heteroatoms. The highest BCUT2D eigenvalue weighted by atomic mass is 127. The van der Waals surface area contributed by atoms with E-state index in [2.05, 4.69) is 0 Å². The Morgan fingerprint density at radius 3 is 2.80 bits per heavy atom. The number of carbonyl (C=O) groups is 1. The van der Waals surface area contributed by atoms with Crippen LogP contribution in [0.1, 0.15) is 25.3 Å². The molecule has 0 bridgehead atoms. The Bertz CT molecular complexity index is 582. The number of aliphatic carboxylic acids is 1. The molecule has 0 spiro atoms. The second-order valence-corrected chi connectivity index (χ2v) is 5.20. The van der Waals surface area contributed by atoms with E-state index in [0.29, 0.717) is 3.57 Å². The number of ether oxygens (including phenoxy) is 1. The molecule has 1 aromatic carbocycles. The normalized spacial score (nSPS) is 11.4. The number of nitrogens with zero attached hydrogens (tertiary/aromatic N) is 2. The molecule has 0 saturated carbocycles. The number of nitriles is 1. The molecule has 0 fully saturated rings. The lowest BCUT2D eigenvalue weighted by Gasteiger charge is -2.15. The van der Waals surface area contributed by atoms with Gasteiger partial charge in [-0.1, -0.05) is 0 Å². The smallest absolute Gasteiger partial charge is 0.313 e. The van der Waals surface area contributed by atoms with E-state index in [-0.39, 0.29) is 29.8 Å². The van der Waals surface area contributed by atoms with Crippen LogP contribution in [-0.4, -0.2) is 22.1 Å². The van der Waals surface area contributed by atoms with Crippen molar-refractivity contribution in [2.75, 3.05) is 0 Å². The Hall–Kier alpha value is -1.89. The molecular formula is C12H11IN2O5. The van der Waals surface area contributed by atoms with Gasteiger partial charge in [-0.25, -0.2) is 0 Å². The first kappa shape index (κ1) is 16.2. The Morgan fingerprint density at radius 1 is 1.65 bits per heavy atom. The first-order valence-corrected chi connectivity index (χ1v) is 6.69. The fraction of sp³-hybridized carbons (Fsp3) is 0.333. The van der Waals surface area contributed by atoms with Gasteiger partial charge in [-0.3, -0.25) is 14.9 Å². The molecule has 1 rings (SSSR count). The summed E-state index contributed by atoms with van der Waals surface area (Å²) in [4.78, 5) is 20.9. The minimum Gasteiger partial charge on any atom is -0.483 e.